The van der Waals surface area contributed by atoms with Gasteiger partial charge in [0.15, 0.2) is 5.96 Å². The van der Waals surface area contributed by atoms with Crippen molar-refractivity contribution in [1.29, 1.82) is 0 Å². The summed E-state index contributed by atoms with van der Waals surface area (Å²) in [6, 6.07) is 0. The molecule has 0 aromatic rings. The Balaban J connectivity index is 0.00000242. The number of nitrogens with zero attached hydrogens (tertiary/aromatic N) is 3. The Labute approximate surface area is 155 Å². The summed E-state index contributed by atoms with van der Waals surface area (Å²) in [5, 5.41) is 0. The molecular weight excluding hydrogens is 435 g/mol. The highest BCUT2D eigenvalue weighted by molar-refractivity contribution is 14.0. The van der Waals surface area contributed by atoms with Gasteiger partial charge in [0.05, 0.1) is 12.3 Å². The molecule has 0 aromatic heterocycles. The molecule has 0 unspecified atom stereocenters. The van der Waals surface area contributed by atoms with E-state index in [1.54, 1.807) is 16.1 Å². The lowest BCUT2D eigenvalue weighted by Gasteiger charge is -2.25. The molecule has 130 valence electrons. The van der Waals surface area contributed by atoms with Crippen LogP contribution in [-0.2, 0) is 10.0 Å². The number of rotatable bonds is 4. The quantitative estimate of drug-likeness (QED) is 0.386. The van der Waals surface area contributed by atoms with E-state index in [9.17, 15) is 8.42 Å². The third-order valence-electron chi connectivity index (χ3n) is 3.92. The molecule has 2 rings (SSSR count). The van der Waals surface area contributed by atoms with E-state index in [0.29, 0.717) is 19.0 Å². The van der Waals surface area contributed by atoms with Crippen LogP contribution in [0.3, 0.4) is 0 Å². The van der Waals surface area contributed by atoms with Gasteiger partial charge in [0.1, 0.15) is 0 Å². The van der Waals surface area contributed by atoms with Crippen molar-refractivity contribution in [2.45, 2.75) is 25.7 Å². The molecule has 0 amide bonds. The number of aliphatic imine (C=N–C) groups is 1. The summed E-state index contributed by atoms with van der Waals surface area (Å²) < 4.78 is 26.0. The summed E-state index contributed by atoms with van der Waals surface area (Å²) in [7, 11) is -3.18. The second-order valence-corrected chi connectivity index (χ2v) is 8.78. The first-order valence-corrected chi connectivity index (χ1v) is 10.5. The smallest absolute Gasteiger partial charge is 0.215 e. The molecule has 2 heterocycles. The van der Waals surface area contributed by atoms with Gasteiger partial charge in [0.2, 0.25) is 10.0 Å². The van der Waals surface area contributed by atoms with E-state index in [4.69, 9.17) is 5.73 Å². The van der Waals surface area contributed by atoms with Crippen molar-refractivity contribution < 1.29 is 8.42 Å². The van der Waals surface area contributed by atoms with Crippen LogP contribution in [0.15, 0.2) is 4.99 Å². The van der Waals surface area contributed by atoms with E-state index in [1.165, 1.54) is 12.8 Å². The van der Waals surface area contributed by atoms with Crippen LogP contribution in [0.4, 0.5) is 0 Å². The topological polar surface area (TPSA) is 79.0 Å². The number of likely N-dealkylation sites (tertiary alicyclic amines) is 1. The van der Waals surface area contributed by atoms with Crippen molar-refractivity contribution in [2.75, 3.05) is 50.0 Å². The molecule has 6 nitrogen and oxygen atoms in total. The van der Waals surface area contributed by atoms with Gasteiger partial charge in [0.25, 0.3) is 0 Å². The van der Waals surface area contributed by atoms with Crippen LogP contribution >= 0.6 is 35.7 Å². The van der Waals surface area contributed by atoms with Gasteiger partial charge in [-0.2, -0.15) is 11.8 Å². The van der Waals surface area contributed by atoms with Crippen LogP contribution in [0.25, 0.3) is 0 Å². The first-order chi connectivity index (χ1) is 10.1. The van der Waals surface area contributed by atoms with Crippen molar-refractivity contribution in [1.82, 2.24) is 9.21 Å². The molecule has 0 aromatic carbocycles. The predicted octanol–water partition coefficient (Wildman–Crippen LogP) is 1.17. The van der Waals surface area contributed by atoms with Crippen LogP contribution in [0, 0.1) is 0 Å². The lowest BCUT2D eigenvalue weighted by Crippen LogP contribution is -2.41. The largest absolute Gasteiger partial charge is 0.370 e. The molecule has 2 fully saturated rings. The third kappa shape index (κ3) is 6.40. The minimum absolute atomic E-state index is 0. The fourth-order valence-electron chi connectivity index (χ4n) is 2.63. The molecule has 2 aliphatic heterocycles. The van der Waals surface area contributed by atoms with E-state index in [2.05, 4.69) is 9.89 Å². The van der Waals surface area contributed by atoms with Gasteiger partial charge in [0, 0.05) is 37.7 Å². The lowest BCUT2D eigenvalue weighted by atomic mass is 10.2. The summed E-state index contributed by atoms with van der Waals surface area (Å²) in [5.74, 6) is 2.34. The number of hydrogen-bond acceptors (Lipinski definition) is 4. The Hall–Kier alpha value is 0.260. The van der Waals surface area contributed by atoms with Crippen molar-refractivity contribution in [3.8, 4) is 0 Å². The summed E-state index contributed by atoms with van der Waals surface area (Å²) >= 11 is 1.80. The average molecular weight is 462 g/mol. The highest BCUT2D eigenvalue weighted by Crippen LogP contribution is 2.13. The van der Waals surface area contributed by atoms with E-state index >= 15 is 0 Å². The Morgan fingerprint density at radius 1 is 1.05 bits per heavy atom. The van der Waals surface area contributed by atoms with E-state index in [-0.39, 0.29) is 36.3 Å². The Morgan fingerprint density at radius 2 is 1.64 bits per heavy atom. The highest BCUT2D eigenvalue weighted by Gasteiger charge is 2.23. The van der Waals surface area contributed by atoms with E-state index < -0.39 is 10.0 Å². The highest BCUT2D eigenvalue weighted by atomic mass is 127. The number of guanidine groups is 1. The second kappa shape index (κ2) is 10.2. The fourth-order valence-corrected chi connectivity index (χ4v) is 5.08. The molecule has 0 atom stereocenters. The van der Waals surface area contributed by atoms with E-state index in [1.807, 2.05) is 0 Å². The molecule has 0 radical (unpaired) electrons. The normalized spacial score (nSPS) is 22.0. The average Bonchev–Trinajstić information content (AvgIpc) is 2.77. The summed E-state index contributed by atoms with van der Waals surface area (Å²) in [4.78, 5) is 6.36. The number of thioether (sulfide) groups is 1. The first-order valence-electron chi connectivity index (χ1n) is 7.70. The number of nitrogens with two attached hydrogens (primary N) is 1. The molecule has 0 saturated carbocycles. The zero-order valence-corrected chi connectivity index (χ0v) is 16.9. The molecule has 22 heavy (non-hydrogen) atoms. The van der Waals surface area contributed by atoms with Gasteiger partial charge in [-0.15, -0.1) is 24.0 Å². The van der Waals surface area contributed by atoms with Crippen LogP contribution in [0.1, 0.15) is 25.7 Å². The van der Waals surface area contributed by atoms with Gasteiger partial charge < -0.3 is 10.6 Å². The standard InChI is InChI=1S/C13H26N4O2S2.HI/c14-13(16-6-3-1-2-4-7-16)15-5-12-21(18,19)17-8-10-20-11-9-17;/h1-12H2,(H2,14,15);1H. The Morgan fingerprint density at radius 3 is 2.23 bits per heavy atom. The van der Waals surface area contributed by atoms with Crippen LogP contribution in [0.5, 0.6) is 0 Å². The van der Waals surface area contributed by atoms with Gasteiger partial charge in [-0.05, 0) is 12.8 Å². The monoisotopic (exact) mass is 462 g/mol. The maximum atomic E-state index is 12.2. The zero-order valence-electron chi connectivity index (χ0n) is 12.9. The summed E-state index contributed by atoms with van der Waals surface area (Å²) in [6.07, 6.45) is 4.76. The van der Waals surface area contributed by atoms with Crippen LogP contribution in [-0.4, -0.2) is 73.6 Å². The molecule has 0 spiro atoms. The van der Waals surface area contributed by atoms with Crippen molar-refractivity contribution in [3.63, 3.8) is 0 Å². The number of hydrogen-bond donors (Lipinski definition) is 1. The summed E-state index contributed by atoms with van der Waals surface area (Å²) in [6.45, 7) is 3.38. The van der Waals surface area contributed by atoms with Gasteiger partial charge in [-0.3, -0.25) is 4.99 Å². The van der Waals surface area contributed by atoms with E-state index in [0.717, 1.165) is 37.4 Å². The van der Waals surface area contributed by atoms with Gasteiger partial charge in [-0.25, -0.2) is 12.7 Å². The fraction of sp³-hybridized carbons (Fsp3) is 0.923. The van der Waals surface area contributed by atoms with Crippen LogP contribution in [0.2, 0.25) is 0 Å². The molecular formula is C13H27IN4O2S2. The minimum atomic E-state index is -3.18. The van der Waals surface area contributed by atoms with Crippen molar-refractivity contribution in [3.05, 3.63) is 0 Å². The maximum Gasteiger partial charge on any atom is 0.215 e. The van der Waals surface area contributed by atoms with Gasteiger partial charge in [-0.1, -0.05) is 12.8 Å². The number of halogens is 1. The molecule has 0 bridgehead atoms. The molecule has 9 heteroatoms. The second-order valence-electron chi connectivity index (χ2n) is 5.47. The zero-order chi connectivity index (χ0) is 15.1. The van der Waals surface area contributed by atoms with Crippen molar-refractivity contribution >= 4 is 51.7 Å². The molecule has 2 N–H and O–H groups in total. The van der Waals surface area contributed by atoms with Crippen molar-refractivity contribution in [2.24, 2.45) is 10.7 Å². The Bertz CT molecular complexity index is 445. The lowest BCUT2D eigenvalue weighted by molar-refractivity contribution is 0.428. The third-order valence-corrected chi connectivity index (χ3v) is 6.71. The summed E-state index contributed by atoms with van der Waals surface area (Å²) in [5.41, 5.74) is 5.99. The maximum absolute atomic E-state index is 12.2. The minimum Gasteiger partial charge on any atom is -0.370 e. The Kier molecular flexibility index (Phi) is 9.41. The number of sulfonamides is 1. The molecule has 2 aliphatic rings. The SMILES string of the molecule is I.NC(=NCCS(=O)(=O)N1CCSCC1)N1CCCCCC1. The molecule has 0 aliphatic carbocycles. The first kappa shape index (κ1) is 20.3. The molecule has 2 saturated heterocycles. The predicted molar refractivity (Wildman–Crippen MR) is 105 cm³/mol. The van der Waals surface area contributed by atoms with Gasteiger partial charge >= 0.3 is 0 Å². The van der Waals surface area contributed by atoms with Crippen LogP contribution < -0.4 is 5.73 Å².